The predicted molar refractivity (Wildman–Crippen MR) is 138 cm³/mol. The molecule has 11 heteroatoms. The predicted octanol–water partition coefficient (Wildman–Crippen LogP) is 3.71. The molecule has 1 aromatic heterocycles. The van der Waals surface area contributed by atoms with Crippen molar-refractivity contribution in [3.63, 3.8) is 0 Å². The van der Waals surface area contributed by atoms with Crippen LogP contribution in [0, 0.1) is 24.1 Å². The average Bonchev–Trinajstić information content (AvgIpc) is 3.28. The van der Waals surface area contributed by atoms with Crippen molar-refractivity contribution < 1.29 is 12.8 Å². The van der Waals surface area contributed by atoms with E-state index in [4.69, 9.17) is 5.41 Å². The summed E-state index contributed by atoms with van der Waals surface area (Å²) in [5.74, 6) is 0.0809. The molecule has 1 aliphatic rings. The third-order valence-corrected chi connectivity index (χ3v) is 7.94. The van der Waals surface area contributed by atoms with E-state index >= 15 is 0 Å². The Labute approximate surface area is 211 Å². The van der Waals surface area contributed by atoms with Crippen molar-refractivity contribution in [2.75, 3.05) is 31.5 Å². The van der Waals surface area contributed by atoms with E-state index in [9.17, 15) is 12.8 Å². The molecule has 9 nitrogen and oxygen atoms in total. The molecule has 2 heterocycles. The Balaban J connectivity index is 1.69. The molecule has 1 atom stereocenters. The molecule has 1 fully saturated rings. The minimum absolute atomic E-state index is 0.196. The van der Waals surface area contributed by atoms with Crippen LogP contribution in [0.5, 0.6) is 0 Å². The second-order valence-corrected chi connectivity index (χ2v) is 11.4. The monoisotopic (exact) mass is 513 g/mol. The van der Waals surface area contributed by atoms with Gasteiger partial charge >= 0.3 is 0 Å². The van der Waals surface area contributed by atoms with Crippen LogP contribution in [0.15, 0.2) is 47.9 Å². The van der Waals surface area contributed by atoms with Gasteiger partial charge in [0.15, 0.2) is 0 Å². The molecule has 192 valence electrons. The maximum Gasteiger partial charge on any atom is 0.282 e. The van der Waals surface area contributed by atoms with E-state index in [0.29, 0.717) is 30.3 Å². The Kier molecular flexibility index (Phi) is 7.53. The number of halogens is 1. The Hall–Kier alpha value is -3.15. The zero-order valence-electron chi connectivity index (χ0n) is 20.9. The summed E-state index contributed by atoms with van der Waals surface area (Å²) in [5.41, 5.74) is 4.04. The van der Waals surface area contributed by atoms with Crippen LogP contribution < -0.4 is 5.32 Å². The van der Waals surface area contributed by atoms with E-state index in [-0.39, 0.29) is 23.6 Å². The highest BCUT2D eigenvalue weighted by Crippen LogP contribution is 2.34. The van der Waals surface area contributed by atoms with Crippen molar-refractivity contribution in [1.29, 1.82) is 5.41 Å². The molecule has 0 unspecified atom stereocenters. The first-order valence-electron chi connectivity index (χ1n) is 11.9. The van der Waals surface area contributed by atoms with Crippen LogP contribution in [0.2, 0.25) is 0 Å². The highest BCUT2D eigenvalue weighted by molar-refractivity contribution is 7.88. The second kappa shape index (κ2) is 10.5. The molecule has 0 amide bonds. The third-order valence-electron chi connectivity index (χ3n) is 6.28. The lowest BCUT2D eigenvalue weighted by Crippen LogP contribution is -2.51. The van der Waals surface area contributed by atoms with Gasteiger partial charge in [-0.25, -0.2) is 17.8 Å². The number of hydrogen-bond donors (Lipinski definition) is 2. The number of aryl methyl sites for hydroxylation is 2. The number of hydrogen-bond acceptors (Lipinski definition) is 7. The van der Waals surface area contributed by atoms with Gasteiger partial charge in [-0.15, -0.1) is 5.10 Å². The zero-order chi connectivity index (χ0) is 26.0. The van der Waals surface area contributed by atoms with Crippen LogP contribution in [0.25, 0.3) is 0 Å². The zero-order valence-corrected chi connectivity index (χ0v) is 21.8. The number of piperazine rings is 1. The summed E-state index contributed by atoms with van der Waals surface area (Å²) < 4.78 is 42.7. The van der Waals surface area contributed by atoms with E-state index in [0.717, 1.165) is 23.4 Å². The summed E-state index contributed by atoms with van der Waals surface area (Å²) in [4.78, 5) is 6.29. The molecule has 2 N–H and O–H groups in total. The lowest BCUT2D eigenvalue weighted by molar-refractivity contribution is 0.104. The Bertz CT molecular complexity index is 1340. The Morgan fingerprint density at radius 1 is 1.22 bits per heavy atom. The Morgan fingerprint density at radius 2 is 1.94 bits per heavy atom. The third kappa shape index (κ3) is 5.48. The number of anilines is 2. The van der Waals surface area contributed by atoms with E-state index in [1.54, 1.807) is 19.2 Å². The number of sulfonamides is 1. The molecule has 4 rings (SSSR count). The van der Waals surface area contributed by atoms with Crippen molar-refractivity contribution >= 4 is 27.6 Å². The molecule has 1 aliphatic heterocycles. The second-order valence-electron chi connectivity index (χ2n) is 9.54. The molecule has 0 saturated carbocycles. The van der Waals surface area contributed by atoms with Crippen molar-refractivity contribution in [3.05, 3.63) is 65.2 Å². The molecule has 36 heavy (non-hydrogen) atoms. The lowest BCUT2D eigenvalue weighted by atomic mass is 9.94. The first kappa shape index (κ1) is 25.9. The van der Waals surface area contributed by atoms with Gasteiger partial charge < -0.3 is 10.7 Å². The fraction of sp³-hybridized carbons (Fsp3) is 0.400. The SMILES string of the molecule is Cc1cc(Nc2ccc(F)cc2)c(C=N)cc1[C@@H]1CN(S(=O)(=O)c2ncn(C)n2)CCN1CC(C)C. The van der Waals surface area contributed by atoms with Gasteiger partial charge in [-0.05, 0) is 60.4 Å². The summed E-state index contributed by atoms with van der Waals surface area (Å²) in [7, 11) is -2.20. The van der Waals surface area contributed by atoms with E-state index in [1.807, 2.05) is 19.1 Å². The number of aromatic nitrogens is 3. The lowest BCUT2D eigenvalue weighted by Gasteiger charge is -2.42. The summed E-state index contributed by atoms with van der Waals surface area (Å²) in [6.45, 7) is 8.27. The smallest absolute Gasteiger partial charge is 0.282 e. The largest absolute Gasteiger partial charge is 0.355 e. The molecular formula is C25H32FN7O2S. The molecule has 0 radical (unpaired) electrons. The van der Waals surface area contributed by atoms with Gasteiger partial charge in [-0.1, -0.05) is 13.8 Å². The van der Waals surface area contributed by atoms with Crippen LogP contribution >= 0.6 is 0 Å². The quantitative estimate of drug-likeness (QED) is 0.445. The van der Waals surface area contributed by atoms with Gasteiger partial charge in [0.25, 0.3) is 15.2 Å². The highest BCUT2D eigenvalue weighted by atomic mass is 32.2. The van der Waals surface area contributed by atoms with Gasteiger partial charge in [0.1, 0.15) is 12.1 Å². The topological polar surface area (TPSA) is 107 Å². The van der Waals surface area contributed by atoms with Crippen molar-refractivity contribution in [2.24, 2.45) is 13.0 Å². The molecule has 3 aromatic rings. The van der Waals surface area contributed by atoms with E-state index in [1.165, 1.54) is 33.7 Å². The fourth-order valence-electron chi connectivity index (χ4n) is 4.57. The number of nitrogens with zero attached hydrogens (tertiary/aromatic N) is 5. The van der Waals surface area contributed by atoms with Crippen LogP contribution in [0.1, 0.15) is 36.6 Å². The maximum atomic E-state index is 13.3. The van der Waals surface area contributed by atoms with Gasteiger partial charge in [0, 0.05) is 62.4 Å². The minimum atomic E-state index is -3.84. The summed E-state index contributed by atoms with van der Waals surface area (Å²) in [6, 6.07) is 9.76. The fourth-order valence-corrected chi connectivity index (χ4v) is 5.87. The molecule has 0 spiro atoms. The molecule has 0 bridgehead atoms. The van der Waals surface area contributed by atoms with Crippen LogP contribution in [-0.2, 0) is 17.1 Å². The normalized spacial score (nSPS) is 17.4. The first-order valence-corrected chi connectivity index (χ1v) is 13.3. The maximum absolute atomic E-state index is 13.3. The van der Waals surface area contributed by atoms with Crippen molar-refractivity contribution in [1.82, 2.24) is 24.0 Å². The van der Waals surface area contributed by atoms with Gasteiger partial charge in [-0.2, -0.15) is 4.31 Å². The number of benzene rings is 2. The summed E-state index contributed by atoms with van der Waals surface area (Å²) >= 11 is 0. The summed E-state index contributed by atoms with van der Waals surface area (Å²) in [6.07, 6.45) is 2.66. The van der Waals surface area contributed by atoms with Gasteiger partial charge in [-0.3, -0.25) is 9.58 Å². The van der Waals surface area contributed by atoms with E-state index < -0.39 is 10.0 Å². The highest BCUT2D eigenvalue weighted by Gasteiger charge is 2.37. The van der Waals surface area contributed by atoms with Crippen molar-refractivity contribution in [3.8, 4) is 0 Å². The van der Waals surface area contributed by atoms with E-state index in [2.05, 4.69) is 34.1 Å². The summed E-state index contributed by atoms with van der Waals surface area (Å²) in [5, 5.41) is 15.1. The van der Waals surface area contributed by atoms with Gasteiger partial charge in [0.05, 0.1) is 0 Å². The van der Waals surface area contributed by atoms with Crippen LogP contribution in [0.4, 0.5) is 15.8 Å². The number of rotatable bonds is 8. The average molecular weight is 514 g/mol. The minimum Gasteiger partial charge on any atom is -0.355 e. The van der Waals surface area contributed by atoms with Gasteiger partial charge in [0.2, 0.25) is 0 Å². The standard InChI is InChI=1S/C25H32FN7O2S/c1-17(2)14-32-9-10-33(36(34,35)25-28-16-31(4)30-25)15-24(32)22-12-19(13-27)23(11-18(22)3)29-21-7-5-20(26)6-8-21/h5-8,11-13,16-17,24,27,29H,9-10,14-15H2,1-4H3/t24-/m0/s1. The van der Waals surface area contributed by atoms with Crippen molar-refractivity contribution in [2.45, 2.75) is 32.0 Å². The molecular weight excluding hydrogens is 481 g/mol. The molecule has 0 aliphatic carbocycles. The molecule has 2 aromatic carbocycles. The van der Waals surface area contributed by atoms with Crippen LogP contribution in [-0.4, -0.2) is 64.8 Å². The Morgan fingerprint density at radius 3 is 2.56 bits per heavy atom. The number of nitrogens with one attached hydrogen (secondary N) is 2. The molecule has 1 saturated heterocycles. The van der Waals surface area contributed by atoms with Crippen LogP contribution in [0.3, 0.4) is 0 Å². The first-order chi connectivity index (χ1) is 17.1.